The SMILES string of the molecule is COCCN1C(=O)c2ccccc2C(C(=O)NCC2COc3ccccc3O2)C1c1c[nH]c2ccccc12. The van der Waals surface area contributed by atoms with Gasteiger partial charge in [0.15, 0.2) is 11.5 Å². The number of fused-ring (bicyclic) bond motifs is 3. The number of carbonyl (C=O) groups excluding carboxylic acids is 2. The van der Waals surface area contributed by atoms with Crippen molar-refractivity contribution in [3.05, 3.63) is 95.7 Å². The molecule has 3 aromatic carbocycles. The minimum atomic E-state index is -0.628. The Hall–Kier alpha value is -4.30. The summed E-state index contributed by atoms with van der Waals surface area (Å²) in [4.78, 5) is 32.9. The van der Waals surface area contributed by atoms with Crippen molar-refractivity contribution in [2.24, 2.45) is 0 Å². The molecule has 38 heavy (non-hydrogen) atoms. The molecule has 0 saturated carbocycles. The molecule has 8 heteroatoms. The lowest BCUT2D eigenvalue weighted by molar-refractivity contribution is -0.124. The summed E-state index contributed by atoms with van der Waals surface area (Å²) < 4.78 is 17.2. The van der Waals surface area contributed by atoms with Crippen molar-refractivity contribution in [3.63, 3.8) is 0 Å². The molecule has 3 atom stereocenters. The maximum atomic E-state index is 14.0. The summed E-state index contributed by atoms with van der Waals surface area (Å²) in [5, 5.41) is 4.08. The van der Waals surface area contributed by atoms with Gasteiger partial charge in [-0.05, 0) is 29.8 Å². The average Bonchev–Trinajstić information content (AvgIpc) is 3.39. The summed E-state index contributed by atoms with van der Waals surface area (Å²) in [6.07, 6.45) is 1.58. The molecule has 6 rings (SSSR count). The highest BCUT2D eigenvalue weighted by Crippen LogP contribution is 2.44. The number of methoxy groups -OCH3 is 1. The van der Waals surface area contributed by atoms with Crippen molar-refractivity contribution in [2.45, 2.75) is 18.1 Å². The summed E-state index contributed by atoms with van der Waals surface area (Å²) in [7, 11) is 1.61. The molecule has 2 amide bonds. The molecule has 2 aliphatic rings. The van der Waals surface area contributed by atoms with E-state index in [1.54, 1.807) is 18.1 Å². The van der Waals surface area contributed by atoms with Gasteiger partial charge in [0.1, 0.15) is 12.7 Å². The minimum absolute atomic E-state index is 0.113. The highest BCUT2D eigenvalue weighted by Gasteiger charge is 2.45. The van der Waals surface area contributed by atoms with Crippen molar-refractivity contribution in [1.29, 1.82) is 0 Å². The second-order valence-corrected chi connectivity index (χ2v) is 9.53. The van der Waals surface area contributed by atoms with Crippen LogP contribution in [0.3, 0.4) is 0 Å². The molecule has 3 unspecified atom stereocenters. The van der Waals surface area contributed by atoms with Crippen molar-refractivity contribution < 1.29 is 23.8 Å². The van der Waals surface area contributed by atoms with Gasteiger partial charge >= 0.3 is 0 Å². The molecule has 0 aliphatic carbocycles. The van der Waals surface area contributed by atoms with Crippen LogP contribution >= 0.6 is 0 Å². The number of nitrogens with zero attached hydrogens (tertiary/aromatic N) is 1. The van der Waals surface area contributed by atoms with Crippen LogP contribution in [0.25, 0.3) is 10.9 Å². The molecule has 1 aromatic heterocycles. The summed E-state index contributed by atoms with van der Waals surface area (Å²) in [6.45, 7) is 1.32. The van der Waals surface area contributed by atoms with Crippen LogP contribution in [-0.2, 0) is 9.53 Å². The molecule has 194 valence electrons. The van der Waals surface area contributed by atoms with E-state index < -0.39 is 12.0 Å². The predicted molar refractivity (Wildman–Crippen MR) is 142 cm³/mol. The topological polar surface area (TPSA) is 92.9 Å². The Labute approximate surface area is 220 Å². The fraction of sp³-hybridized carbons (Fsp3) is 0.267. The van der Waals surface area contributed by atoms with Crippen molar-refractivity contribution in [1.82, 2.24) is 15.2 Å². The first-order valence-corrected chi connectivity index (χ1v) is 12.8. The number of hydrogen-bond donors (Lipinski definition) is 2. The maximum Gasteiger partial charge on any atom is 0.254 e. The van der Waals surface area contributed by atoms with Crippen LogP contribution < -0.4 is 14.8 Å². The number of hydrogen-bond acceptors (Lipinski definition) is 5. The maximum absolute atomic E-state index is 14.0. The third-order valence-electron chi connectivity index (χ3n) is 7.27. The summed E-state index contributed by atoms with van der Waals surface area (Å²) in [5.41, 5.74) is 3.09. The van der Waals surface area contributed by atoms with E-state index in [2.05, 4.69) is 10.3 Å². The van der Waals surface area contributed by atoms with Gasteiger partial charge in [-0.1, -0.05) is 48.5 Å². The van der Waals surface area contributed by atoms with Crippen LogP contribution in [-0.4, -0.2) is 61.2 Å². The summed E-state index contributed by atoms with van der Waals surface area (Å²) >= 11 is 0. The normalized spacial score (nSPS) is 20.3. The number of aromatic amines is 1. The lowest BCUT2D eigenvalue weighted by Crippen LogP contribution is -2.50. The number of ether oxygens (including phenoxy) is 3. The Morgan fingerprint density at radius 2 is 1.79 bits per heavy atom. The Kier molecular flexibility index (Phi) is 6.47. The predicted octanol–water partition coefficient (Wildman–Crippen LogP) is 4.05. The summed E-state index contributed by atoms with van der Waals surface area (Å²) in [6, 6.07) is 22.3. The number of nitrogens with one attached hydrogen (secondary N) is 2. The standard InChI is InChI=1S/C30H29N3O5/c1-36-15-14-33-28(23-17-31-24-11-5-4-8-20(23)24)27(21-9-2-3-10-22(21)30(33)35)29(34)32-16-19-18-37-25-12-6-7-13-26(25)38-19/h2-13,17,19,27-28,31H,14-16,18H2,1H3,(H,32,34). The molecule has 4 aromatic rings. The van der Waals surface area contributed by atoms with E-state index in [4.69, 9.17) is 14.2 Å². The number of carbonyl (C=O) groups is 2. The number of H-pyrrole nitrogens is 1. The van der Waals surface area contributed by atoms with E-state index in [1.807, 2.05) is 72.9 Å². The summed E-state index contributed by atoms with van der Waals surface area (Å²) in [5.74, 6) is 0.441. The smallest absolute Gasteiger partial charge is 0.254 e. The highest BCUT2D eigenvalue weighted by molar-refractivity contribution is 6.02. The number of rotatable bonds is 7. The Balaban J connectivity index is 1.35. The average molecular weight is 512 g/mol. The third-order valence-corrected chi connectivity index (χ3v) is 7.27. The van der Waals surface area contributed by atoms with Gasteiger partial charge in [-0.3, -0.25) is 9.59 Å². The van der Waals surface area contributed by atoms with Gasteiger partial charge in [-0.2, -0.15) is 0 Å². The molecule has 0 spiro atoms. The van der Waals surface area contributed by atoms with Gasteiger partial charge in [0.05, 0.1) is 25.1 Å². The van der Waals surface area contributed by atoms with Gasteiger partial charge < -0.3 is 29.4 Å². The zero-order chi connectivity index (χ0) is 26.1. The number of para-hydroxylation sites is 3. The zero-order valence-corrected chi connectivity index (χ0v) is 21.1. The first-order valence-electron chi connectivity index (χ1n) is 12.8. The quantitative estimate of drug-likeness (QED) is 0.391. The van der Waals surface area contributed by atoms with Gasteiger partial charge in [0, 0.05) is 41.9 Å². The van der Waals surface area contributed by atoms with Crippen molar-refractivity contribution >= 4 is 22.7 Å². The Bertz CT molecular complexity index is 1480. The Morgan fingerprint density at radius 1 is 1.03 bits per heavy atom. The highest BCUT2D eigenvalue weighted by atomic mass is 16.6. The van der Waals surface area contributed by atoms with Crippen LogP contribution in [0.15, 0.2) is 79.0 Å². The lowest BCUT2D eigenvalue weighted by atomic mass is 9.79. The number of benzene rings is 3. The molecule has 2 N–H and O–H groups in total. The van der Waals surface area contributed by atoms with E-state index in [9.17, 15) is 9.59 Å². The number of amides is 2. The van der Waals surface area contributed by atoms with Gasteiger partial charge in [0.2, 0.25) is 5.91 Å². The molecule has 0 bridgehead atoms. The van der Waals surface area contributed by atoms with Gasteiger partial charge in [-0.25, -0.2) is 0 Å². The second kappa shape index (κ2) is 10.2. The van der Waals surface area contributed by atoms with E-state index >= 15 is 0 Å². The minimum Gasteiger partial charge on any atom is -0.486 e. The van der Waals surface area contributed by atoms with Crippen LogP contribution in [0.1, 0.15) is 33.4 Å². The molecular weight excluding hydrogens is 482 g/mol. The van der Waals surface area contributed by atoms with Crippen LogP contribution in [0.2, 0.25) is 0 Å². The molecule has 3 heterocycles. The lowest BCUT2D eigenvalue weighted by Gasteiger charge is -2.41. The van der Waals surface area contributed by atoms with E-state index in [-0.39, 0.29) is 24.5 Å². The first-order chi connectivity index (χ1) is 18.7. The zero-order valence-electron chi connectivity index (χ0n) is 21.1. The molecule has 0 radical (unpaired) electrons. The molecule has 0 fully saturated rings. The fourth-order valence-electron chi connectivity index (χ4n) is 5.48. The Morgan fingerprint density at radius 3 is 2.66 bits per heavy atom. The molecule has 2 aliphatic heterocycles. The third kappa shape index (κ3) is 4.26. The monoisotopic (exact) mass is 511 g/mol. The number of aromatic nitrogens is 1. The second-order valence-electron chi connectivity index (χ2n) is 9.53. The van der Waals surface area contributed by atoms with Gasteiger partial charge in [-0.15, -0.1) is 0 Å². The van der Waals surface area contributed by atoms with Crippen LogP contribution in [0.4, 0.5) is 0 Å². The van der Waals surface area contributed by atoms with Gasteiger partial charge in [0.25, 0.3) is 5.91 Å². The van der Waals surface area contributed by atoms with Crippen LogP contribution in [0.5, 0.6) is 11.5 Å². The fourth-order valence-corrected chi connectivity index (χ4v) is 5.48. The molecule has 8 nitrogen and oxygen atoms in total. The first kappa shape index (κ1) is 24.1. The molecular formula is C30H29N3O5. The molecule has 0 saturated heterocycles. The largest absolute Gasteiger partial charge is 0.486 e. The van der Waals surface area contributed by atoms with E-state index in [1.165, 1.54) is 0 Å². The van der Waals surface area contributed by atoms with Crippen molar-refractivity contribution in [3.8, 4) is 11.5 Å². The van der Waals surface area contributed by atoms with Crippen molar-refractivity contribution in [2.75, 3.05) is 33.4 Å². The van der Waals surface area contributed by atoms with E-state index in [0.717, 1.165) is 16.5 Å². The van der Waals surface area contributed by atoms with Crippen LogP contribution in [0, 0.1) is 0 Å². The van der Waals surface area contributed by atoms with E-state index in [0.29, 0.717) is 42.4 Å².